The molecule has 1 amide bonds. The molecule has 2 aromatic rings. The summed E-state index contributed by atoms with van der Waals surface area (Å²) in [4.78, 5) is 26.8. The smallest absolute Gasteiger partial charge is 0.255 e. The van der Waals surface area contributed by atoms with E-state index in [9.17, 15) is 9.59 Å². The fourth-order valence-corrected chi connectivity index (χ4v) is 2.01. The fourth-order valence-electron chi connectivity index (χ4n) is 2.01. The minimum atomic E-state index is -0.380. The normalized spacial score (nSPS) is 10.2. The van der Waals surface area contributed by atoms with Crippen molar-refractivity contribution in [3.8, 4) is 11.5 Å². The van der Waals surface area contributed by atoms with Crippen molar-refractivity contribution in [2.75, 3.05) is 18.5 Å². The quantitative estimate of drug-likeness (QED) is 0.779. The molecule has 24 heavy (non-hydrogen) atoms. The highest BCUT2D eigenvalue weighted by Gasteiger charge is 2.13. The number of aromatic nitrogens is 1. The van der Waals surface area contributed by atoms with E-state index in [0.29, 0.717) is 30.3 Å². The fraction of sp³-hybridized carbons (Fsp3) is 0.333. The molecule has 0 atom stereocenters. The van der Waals surface area contributed by atoms with Gasteiger partial charge in [0.05, 0.1) is 13.2 Å². The number of anilines is 1. The summed E-state index contributed by atoms with van der Waals surface area (Å²) in [6, 6.07) is 6.35. The number of amides is 1. The highest BCUT2D eigenvalue weighted by Crippen LogP contribution is 2.29. The van der Waals surface area contributed by atoms with Crippen LogP contribution in [0.3, 0.4) is 0 Å². The number of rotatable bonds is 8. The molecule has 1 aromatic heterocycles. The lowest BCUT2D eigenvalue weighted by atomic mass is 10.2. The molecule has 0 aliphatic heterocycles. The molecule has 2 rings (SSSR count). The van der Waals surface area contributed by atoms with Crippen LogP contribution in [0.4, 0.5) is 5.69 Å². The van der Waals surface area contributed by atoms with E-state index in [1.165, 1.54) is 18.5 Å². The molecule has 0 spiro atoms. The Morgan fingerprint density at radius 1 is 1.08 bits per heavy atom. The summed E-state index contributed by atoms with van der Waals surface area (Å²) in [6.45, 7) is 5.13. The number of carbonyl (C=O) groups is 1. The van der Waals surface area contributed by atoms with Crippen LogP contribution in [0.2, 0.25) is 0 Å². The van der Waals surface area contributed by atoms with Crippen LogP contribution in [-0.2, 0) is 0 Å². The molecule has 0 radical (unpaired) electrons. The largest absolute Gasteiger partial charge is 0.490 e. The number of ether oxygens (including phenoxy) is 2. The first-order valence-electron chi connectivity index (χ1n) is 8.03. The van der Waals surface area contributed by atoms with Crippen molar-refractivity contribution >= 4 is 11.6 Å². The number of H-pyrrole nitrogens is 1. The molecule has 2 N–H and O–H groups in total. The molecule has 0 fully saturated rings. The lowest BCUT2D eigenvalue weighted by molar-refractivity contribution is 0.102. The molecule has 1 heterocycles. The highest BCUT2D eigenvalue weighted by atomic mass is 16.5. The molecule has 0 saturated carbocycles. The molecular formula is C18H22N2O4. The lowest BCUT2D eigenvalue weighted by Gasteiger charge is -2.13. The average Bonchev–Trinajstić information content (AvgIpc) is 2.60. The zero-order valence-corrected chi connectivity index (χ0v) is 13.9. The Morgan fingerprint density at radius 2 is 1.79 bits per heavy atom. The maximum Gasteiger partial charge on any atom is 0.255 e. The van der Waals surface area contributed by atoms with Gasteiger partial charge in [-0.1, -0.05) is 13.8 Å². The molecular weight excluding hydrogens is 308 g/mol. The molecule has 0 unspecified atom stereocenters. The van der Waals surface area contributed by atoms with Crippen LogP contribution in [0.15, 0.2) is 41.5 Å². The lowest BCUT2D eigenvalue weighted by Crippen LogP contribution is -2.18. The van der Waals surface area contributed by atoms with E-state index in [1.807, 2.05) is 13.8 Å². The molecule has 0 bridgehead atoms. The highest BCUT2D eigenvalue weighted by molar-refractivity contribution is 6.04. The number of carbonyl (C=O) groups excluding carboxylic acids is 1. The number of benzene rings is 1. The molecule has 1 aromatic carbocycles. The summed E-state index contributed by atoms with van der Waals surface area (Å²) in [7, 11) is 0. The van der Waals surface area contributed by atoms with E-state index >= 15 is 0 Å². The first kappa shape index (κ1) is 17.6. The number of hydrogen-bond acceptors (Lipinski definition) is 4. The van der Waals surface area contributed by atoms with Crippen molar-refractivity contribution in [1.29, 1.82) is 0 Å². The van der Waals surface area contributed by atoms with Gasteiger partial charge in [0.15, 0.2) is 11.5 Å². The van der Waals surface area contributed by atoms with E-state index < -0.39 is 0 Å². The number of pyridine rings is 1. The average molecular weight is 330 g/mol. The topological polar surface area (TPSA) is 80.4 Å². The van der Waals surface area contributed by atoms with Crippen molar-refractivity contribution in [3.63, 3.8) is 0 Å². The van der Waals surface area contributed by atoms with E-state index in [2.05, 4.69) is 10.3 Å². The number of nitrogens with one attached hydrogen (secondary N) is 2. The van der Waals surface area contributed by atoms with Crippen LogP contribution in [-0.4, -0.2) is 24.1 Å². The Morgan fingerprint density at radius 3 is 2.46 bits per heavy atom. The summed E-state index contributed by atoms with van der Waals surface area (Å²) >= 11 is 0. The Hall–Kier alpha value is -2.76. The molecule has 128 valence electrons. The van der Waals surface area contributed by atoms with Crippen LogP contribution in [0, 0.1) is 0 Å². The monoisotopic (exact) mass is 330 g/mol. The van der Waals surface area contributed by atoms with Crippen molar-refractivity contribution in [2.24, 2.45) is 0 Å². The third kappa shape index (κ3) is 4.62. The molecule has 6 heteroatoms. The maximum atomic E-state index is 12.4. The zero-order chi connectivity index (χ0) is 17.4. The van der Waals surface area contributed by atoms with Gasteiger partial charge in [-0.2, -0.15) is 0 Å². The molecule has 0 saturated heterocycles. The number of aromatic amines is 1. The van der Waals surface area contributed by atoms with Gasteiger partial charge in [0, 0.05) is 24.0 Å². The Balaban J connectivity index is 2.21. The van der Waals surface area contributed by atoms with Gasteiger partial charge in [-0.05, 0) is 31.0 Å². The summed E-state index contributed by atoms with van der Waals surface area (Å²) in [5, 5.41) is 2.59. The van der Waals surface area contributed by atoms with Gasteiger partial charge in [-0.25, -0.2) is 0 Å². The van der Waals surface area contributed by atoms with Gasteiger partial charge in [0.1, 0.15) is 5.69 Å². The first-order chi connectivity index (χ1) is 11.7. The van der Waals surface area contributed by atoms with Crippen molar-refractivity contribution in [1.82, 2.24) is 4.98 Å². The number of hydrogen-bond donors (Lipinski definition) is 2. The van der Waals surface area contributed by atoms with Gasteiger partial charge in [0.2, 0.25) is 5.43 Å². The predicted octanol–water partition coefficient (Wildman–Crippen LogP) is 3.20. The van der Waals surface area contributed by atoms with Crippen LogP contribution in [0.25, 0.3) is 0 Å². The third-order valence-corrected chi connectivity index (χ3v) is 3.20. The second-order valence-electron chi connectivity index (χ2n) is 5.23. The second kappa shape index (κ2) is 8.76. The minimum Gasteiger partial charge on any atom is -0.490 e. The standard InChI is InChI=1S/C18H22N2O4/c1-3-9-23-16-6-5-13(11-17(16)24-10-4-2)18(22)20-14-12-19-8-7-15(14)21/h5-8,11-12H,3-4,9-10H2,1-2H3,(H,19,21)(H,20,22). The minimum absolute atomic E-state index is 0.199. The van der Waals surface area contributed by atoms with Gasteiger partial charge in [-0.15, -0.1) is 0 Å². The Kier molecular flexibility index (Phi) is 6.42. The van der Waals surface area contributed by atoms with E-state index in [-0.39, 0.29) is 17.0 Å². The van der Waals surface area contributed by atoms with E-state index in [0.717, 1.165) is 12.8 Å². The summed E-state index contributed by atoms with van der Waals surface area (Å²) in [5.41, 5.74) is 0.338. The zero-order valence-electron chi connectivity index (χ0n) is 13.9. The van der Waals surface area contributed by atoms with Crippen LogP contribution < -0.4 is 20.2 Å². The van der Waals surface area contributed by atoms with E-state index in [1.54, 1.807) is 18.2 Å². The summed E-state index contributed by atoms with van der Waals surface area (Å²) in [6.07, 6.45) is 4.69. The van der Waals surface area contributed by atoms with Crippen molar-refractivity contribution in [2.45, 2.75) is 26.7 Å². The molecule has 6 nitrogen and oxygen atoms in total. The third-order valence-electron chi connectivity index (χ3n) is 3.20. The van der Waals surface area contributed by atoms with Crippen LogP contribution in [0.5, 0.6) is 11.5 Å². The SMILES string of the molecule is CCCOc1ccc(C(=O)Nc2c[nH]ccc2=O)cc1OCCC. The Labute approximate surface area is 140 Å². The molecule has 0 aliphatic rings. The maximum absolute atomic E-state index is 12.4. The van der Waals surface area contributed by atoms with Crippen LogP contribution in [0.1, 0.15) is 37.0 Å². The predicted molar refractivity (Wildman–Crippen MR) is 93.0 cm³/mol. The van der Waals surface area contributed by atoms with Gasteiger partial charge in [0.25, 0.3) is 5.91 Å². The Bertz CT molecular complexity index is 740. The summed E-state index contributed by atoms with van der Waals surface area (Å²) in [5.74, 6) is 0.759. The van der Waals surface area contributed by atoms with Gasteiger partial charge < -0.3 is 19.8 Å². The van der Waals surface area contributed by atoms with Gasteiger partial charge in [-0.3, -0.25) is 9.59 Å². The second-order valence-corrected chi connectivity index (χ2v) is 5.23. The summed E-state index contributed by atoms with van der Waals surface area (Å²) < 4.78 is 11.3. The van der Waals surface area contributed by atoms with Crippen molar-refractivity contribution < 1.29 is 14.3 Å². The van der Waals surface area contributed by atoms with Gasteiger partial charge >= 0.3 is 0 Å². The first-order valence-corrected chi connectivity index (χ1v) is 8.03. The van der Waals surface area contributed by atoms with Crippen molar-refractivity contribution in [3.05, 3.63) is 52.4 Å². The van der Waals surface area contributed by atoms with Crippen LogP contribution >= 0.6 is 0 Å². The molecule has 0 aliphatic carbocycles. The van der Waals surface area contributed by atoms with E-state index in [4.69, 9.17) is 9.47 Å².